The Morgan fingerprint density at radius 1 is 1.02 bits per heavy atom. The summed E-state index contributed by atoms with van der Waals surface area (Å²) < 4.78 is 0. The second-order valence-corrected chi connectivity index (χ2v) is 12.3. The van der Waals surface area contributed by atoms with Crippen LogP contribution in [-0.4, -0.2) is 92.7 Å². The fourth-order valence-corrected chi connectivity index (χ4v) is 6.26. The molecule has 5 amide bonds. The first kappa shape index (κ1) is 34.1. The molecule has 14 heteroatoms. The number of fused-ring (bicyclic) bond motifs is 2. The van der Waals surface area contributed by atoms with Gasteiger partial charge in [-0.15, -0.1) is 0 Å². The maximum absolute atomic E-state index is 14.2. The summed E-state index contributed by atoms with van der Waals surface area (Å²) in [5, 5.41) is 21.8. The first-order valence-electron chi connectivity index (χ1n) is 16.3. The van der Waals surface area contributed by atoms with E-state index in [1.807, 2.05) is 30.5 Å². The Bertz CT molecular complexity index is 1690. The largest absolute Gasteiger partial charge is 0.480 e. The third-order valence-corrected chi connectivity index (χ3v) is 8.79. The summed E-state index contributed by atoms with van der Waals surface area (Å²) in [4.78, 5) is 87.2. The van der Waals surface area contributed by atoms with E-state index in [0.29, 0.717) is 31.5 Å². The number of aromatic amines is 1. The van der Waals surface area contributed by atoms with E-state index in [-0.39, 0.29) is 56.2 Å². The molecule has 0 bridgehead atoms. The highest BCUT2D eigenvalue weighted by molar-refractivity contribution is 5.95. The number of nitrogens with one attached hydrogen (secondary N) is 5. The molecule has 14 nitrogen and oxygen atoms in total. The third-order valence-electron chi connectivity index (χ3n) is 8.79. The summed E-state index contributed by atoms with van der Waals surface area (Å²) in [5.41, 5.74) is 2.75. The average Bonchev–Trinajstić information content (AvgIpc) is 3.68. The fourth-order valence-electron chi connectivity index (χ4n) is 6.26. The Labute approximate surface area is 277 Å². The standard InChI is InChI=1S/C34H41N7O7/c1-20-7-6-11-25(37-20)31(44)38-22-17-28-32(45)40-27(34(47)48)13-15-29(42)35-16-5-4-10-26(33(46)41(28)19-22)39-30(43)14-12-21-18-36-24-9-3-2-8-23(21)24/h2-3,6-9,11,18,22,26-28,36H,4-5,10,12-17,19H2,1H3,(H,35,42)(H,38,44)(H,39,43)(H,40,45)(H,47,48)/t22-,26+,27+,28+/m1/s1. The maximum Gasteiger partial charge on any atom is 0.326 e. The van der Waals surface area contributed by atoms with Crippen molar-refractivity contribution in [3.8, 4) is 0 Å². The number of carboxylic acid groups (broad SMARTS) is 1. The summed E-state index contributed by atoms with van der Waals surface area (Å²) in [7, 11) is 0. The van der Waals surface area contributed by atoms with Crippen molar-refractivity contribution in [2.45, 2.75) is 82.5 Å². The molecule has 0 saturated carbocycles. The number of hydrogen-bond acceptors (Lipinski definition) is 7. The molecule has 0 aliphatic carbocycles. The van der Waals surface area contributed by atoms with Gasteiger partial charge in [-0.2, -0.15) is 0 Å². The molecule has 0 spiro atoms. The van der Waals surface area contributed by atoms with Gasteiger partial charge in [0.15, 0.2) is 0 Å². The number of nitrogens with zero attached hydrogens (tertiary/aromatic N) is 2. The van der Waals surface area contributed by atoms with Crippen LogP contribution in [0.2, 0.25) is 0 Å². The van der Waals surface area contributed by atoms with Gasteiger partial charge in [0.05, 0.1) is 0 Å². The van der Waals surface area contributed by atoms with Crippen LogP contribution < -0.4 is 21.3 Å². The number of hydrogen-bond donors (Lipinski definition) is 6. The van der Waals surface area contributed by atoms with Gasteiger partial charge in [0.1, 0.15) is 23.8 Å². The number of pyridine rings is 1. The number of benzene rings is 1. The maximum atomic E-state index is 14.2. The van der Waals surface area contributed by atoms with Crippen LogP contribution in [0.4, 0.5) is 0 Å². The first-order valence-corrected chi connectivity index (χ1v) is 16.3. The molecule has 5 rings (SSSR count). The van der Waals surface area contributed by atoms with Crippen molar-refractivity contribution < 1.29 is 33.9 Å². The van der Waals surface area contributed by atoms with Gasteiger partial charge in [-0.25, -0.2) is 9.78 Å². The number of aryl methyl sites for hydroxylation is 2. The number of para-hydroxylation sites is 1. The van der Waals surface area contributed by atoms with Crippen molar-refractivity contribution in [2.24, 2.45) is 0 Å². The number of rotatable bonds is 7. The molecule has 2 aliphatic rings. The number of H-pyrrole nitrogens is 1. The average molecular weight is 660 g/mol. The van der Waals surface area contributed by atoms with E-state index in [4.69, 9.17) is 0 Å². The molecule has 4 atom stereocenters. The lowest BCUT2D eigenvalue weighted by molar-refractivity contribution is -0.145. The van der Waals surface area contributed by atoms with Gasteiger partial charge in [-0.1, -0.05) is 24.3 Å². The second-order valence-electron chi connectivity index (χ2n) is 12.3. The van der Waals surface area contributed by atoms with E-state index in [9.17, 15) is 33.9 Å². The van der Waals surface area contributed by atoms with Crippen molar-refractivity contribution >= 4 is 46.4 Å². The molecule has 3 aromatic rings. The van der Waals surface area contributed by atoms with Crippen LogP contribution in [0.15, 0.2) is 48.7 Å². The van der Waals surface area contributed by atoms with E-state index >= 15 is 0 Å². The summed E-state index contributed by atoms with van der Waals surface area (Å²) >= 11 is 0. The zero-order chi connectivity index (χ0) is 34.2. The van der Waals surface area contributed by atoms with Gasteiger partial charge in [-0.3, -0.25) is 24.0 Å². The molecule has 2 aliphatic heterocycles. The highest BCUT2D eigenvalue weighted by Gasteiger charge is 2.43. The number of carbonyl (C=O) groups excluding carboxylic acids is 5. The lowest BCUT2D eigenvalue weighted by Crippen LogP contribution is -2.55. The van der Waals surface area contributed by atoms with Gasteiger partial charge in [-0.05, 0) is 69.2 Å². The molecule has 6 N–H and O–H groups in total. The topological polar surface area (TPSA) is 203 Å². The Morgan fingerprint density at radius 3 is 2.62 bits per heavy atom. The Kier molecular flexibility index (Phi) is 11.0. The first-order chi connectivity index (χ1) is 23.1. The van der Waals surface area contributed by atoms with E-state index in [2.05, 4.69) is 31.2 Å². The van der Waals surface area contributed by atoms with Crippen LogP contribution in [-0.2, 0) is 30.4 Å². The van der Waals surface area contributed by atoms with Crippen molar-refractivity contribution in [3.63, 3.8) is 0 Å². The predicted molar refractivity (Wildman–Crippen MR) is 175 cm³/mol. The minimum absolute atomic E-state index is 0.0170. The monoisotopic (exact) mass is 659 g/mol. The van der Waals surface area contributed by atoms with Gasteiger partial charge >= 0.3 is 5.97 Å². The second kappa shape index (κ2) is 15.5. The summed E-state index contributed by atoms with van der Waals surface area (Å²) in [6.07, 6.45) is 3.45. The molecule has 2 saturated heterocycles. The SMILES string of the molecule is Cc1cccc(C(=O)N[C@@H]2C[C@H]3C(=O)N[C@H](C(=O)O)CCC(=O)NCCCC[C@H](NC(=O)CCc4c[nH]c5ccccc45)C(=O)N3C2)n1. The number of amides is 5. The van der Waals surface area contributed by atoms with Gasteiger partial charge < -0.3 is 36.3 Å². The van der Waals surface area contributed by atoms with Crippen molar-refractivity contribution in [1.82, 2.24) is 36.1 Å². The summed E-state index contributed by atoms with van der Waals surface area (Å²) in [6, 6.07) is 8.65. The lowest BCUT2D eigenvalue weighted by Gasteiger charge is -2.29. The zero-order valence-corrected chi connectivity index (χ0v) is 26.8. The quantitative estimate of drug-likeness (QED) is 0.218. The van der Waals surface area contributed by atoms with E-state index in [0.717, 1.165) is 16.5 Å². The molecule has 2 aromatic heterocycles. The molecule has 2 fully saturated rings. The van der Waals surface area contributed by atoms with Crippen LogP contribution in [0.25, 0.3) is 10.9 Å². The zero-order valence-electron chi connectivity index (χ0n) is 26.8. The van der Waals surface area contributed by atoms with Crippen LogP contribution in [0.1, 0.15) is 66.7 Å². The highest BCUT2D eigenvalue weighted by Crippen LogP contribution is 2.23. The Morgan fingerprint density at radius 2 is 1.83 bits per heavy atom. The number of carbonyl (C=O) groups is 6. The van der Waals surface area contributed by atoms with E-state index in [1.54, 1.807) is 25.1 Å². The van der Waals surface area contributed by atoms with E-state index < -0.39 is 47.9 Å². The predicted octanol–water partition coefficient (Wildman–Crippen LogP) is 1.34. The lowest BCUT2D eigenvalue weighted by atomic mass is 10.1. The third kappa shape index (κ3) is 8.55. The number of aromatic nitrogens is 2. The van der Waals surface area contributed by atoms with Crippen molar-refractivity contribution in [1.29, 1.82) is 0 Å². The normalized spacial score (nSPS) is 22.5. The minimum Gasteiger partial charge on any atom is -0.480 e. The molecular formula is C34H41N7O7. The van der Waals surface area contributed by atoms with Gasteiger partial charge in [0, 0.05) is 54.8 Å². The van der Waals surface area contributed by atoms with Crippen LogP contribution in [0, 0.1) is 6.92 Å². The molecule has 48 heavy (non-hydrogen) atoms. The highest BCUT2D eigenvalue weighted by atomic mass is 16.4. The Balaban J connectivity index is 1.35. The number of carboxylic acids is 1. The molecular weight excluding hydrogens is 618 g/mol. The molecule has 254 valence electrons. The van der Waals surface area contributed by atoms with Crippen molar-refractivity contribution in [2.75, 3.05) is 13.1 Å². The van der Waals surface area contributed by atoms with Crippen molar-refractivity contribution in [3.05, 3.63) is 65.6 Å². The summed E-state index contributed by atoms with van der Waals surface area (Å²) in [6.45, 7) is 2.03. The molecule has 4 heterocycles. The molecule has 0 unspecified atom stereocenters. The smallest absolute Gasteiger partial charge is 0.326 e. The number of aliphatic carboxylic acids is 1. The van der Waals surface area contributed by atoms with Crippen LogP contribution in [0.5, 0.6) is 0 Å². The van der Waals surface area contributed by atoms with Crippen LogP contribution >= 0.6 is 0 Å². The molecule has 0 radical (unpaired) electrons. The Hall–Kier alpha value is -5.27. The fraction of sp³-hybridized carbons (Fsp3) is 0.441. The molecule has 1 aromatic carbocycles. The van der Waals surface area contributed by atoms with Crippen LogP contribution in [0.3, 0.4) is 0 Å². The summed E-state index contributed by atoms with van der Waals surface area (Å²) in [5.74, 6) is -3.71. The van der Waals surface area contributed by atoms with Gasteiger partial charge in [0.25, 0.3) is 5.91 Å². The van der Waals surface area contributed by atoms with E-state index in [1.165, 1.54) is 4.90 Å². The minimum atomic E-state index is -1.37. The van der Waals surface area contributed by atoms with Gasteiger partial charge in [0.2, 0.25) is 23.6 Å².